The number of rotatable bonds is 7. The van der Waals surface area contributed by atoms with Crippen molar-refractivity contribution in [2.45, 2.75) is 5.22 Å². The second kappa shape index (κ2) is 7.72. The van der Waals surface area contributed by atoms with Gasteiger partial charge in [0.1, 0.15) is 17.9 Å². The molecule has 2 aromatic carbocycles. The summed E-state index contributed by atoms with van der Waals surface area (Å²) in [5, 5.41) is 11.8. The SMILES string of the molecule is C=CCOc1ccccc1/C=C(\Sc1nc2ccccc2o1)C(=O)[O-]. The number of aromatic nitrogens is 1. The Hall–Kier alpha value is -2.99. The van der Waals surface area contributed by atoms with Crippen molar-refractivity contribution >= 4 is 34.9 Å². The van der Waals surface area contributed by atoms with Gasteiger partial charge in [-0.05, 0) is 36.0 Å². The van der Waals surface area contributed by atoms with Gasteiger partial charge in [0.15, 0.2) is 5.58 Å². The molecular weight excluding hydrogens is 338 g/mol. The number of carbonyl (C=O) groups is 1. The summed E-state index contributed by atoms with van der Waals surface area (Å²) in [5.74, 6) is -0.759. The number of nitrogens with zero attached hydrogens (tertiary/aromatic N) is 1. The molecule has 3 aromatic rings. The highest BCUT2D eigenvalue weighted by Crippen LogP contribution is 2.31. The largest absolute Gasteiger partial charge is 0.544 e. The molecule has 25 heavy (non-hydrogen) atoms. The van der Waals surface area contributed by atoms with Gasteiger partial charge in [0, 0.05) is 10.5 Å². The van der Waals surface area contributed by atoms with Crippen LogP contribution in [0.5, 0.6) is 5.75 Å². The average Bonchev–Trinajstić information content (AvgIpc) is 3.02. The zero-order valence-electron chi connectivity index (χ0n) is 13.2. The molecule has 0 spiro atoms. The van der Waals surface area contributed by atoms with E-state index in [0.717, 1.165) is 11.8 Å². The van der Waals surface area contributed by atoms with Crippen LogP contribution in [0.2, 0.25) is 0 Å². The third kappa shape index (κ3) is 4.10. The first kappa shape index (κ1) is 16.9. The first-order chi connectivity index (χ1) is 12.2. The molecule has 5 nitrogen and oxygen atoms in total. The van der Waals surface area contributed by atoms with Crippen LogP contribution in [0.15, 0.2) is 75.7 Å². The number of carbonyl (C=O) groups excluding carboxylic acids is 1. The van der Waals surface area contributed by atoms with Crippen molar-refractivity contribution in [1.82, 2.24) is 4.98 Å². The molecule has 0 aliphatic carbocycles. The van der Waals surface area contributed by atoms with Crippen LogP contribution < -0.4 is 9.84 Å². The Morgan fingerprint density at radius 3 is 2.76 bits per heavy atom. The second-order valence-corrected chi connectivity index (χ2v) is 5.98. The minimum absolute atomic E-state index is 0.0267. The predicted octanol–water partition coefficient (Wildman–Crippen LogP) is 3.28. The van der Waals surface area contributed by atoms with Crippen LogP contribution in [0.4, 0.5) is 0 Å². The van der Waals surface area contributed by atoms with Gasteiger partial charge in [0.2, 0.25) is 0 Å². The molecule has 0 amide bonds. The van der Waals surface area contributed by atoms with E-state index in [2.05, 4.69) is 11.6 Å². The number of thioether (sulfide) groups is 1. The summed E-state index contributed by atoms with van der Waals surface area (Å²) in [6.45, 7) is 3.93. The minimum Gasteiger partial charge on any atom is -0.544 e. The van der Waals surface area contributed by atoms with Crippen molar-refractivity contribution in [3.8, 4) is 5.75 Å². The second-order valence-electron chi connectivity index (χ2n) is 4.98. The first-order valence-electron chi connectivity index (χ1n) is 7.46. The molecule has 6 heteroatoms. The van der Waals surface area contributed by atoms with E-state index in [9.17, 15) is 9.90 Å². The fraction of sp³-hybridized carbons (Fsp3) is 0.0526. The molecule has 0 atom stereocenters. The smallest absolute Gasteiger partial charge is 0.261 e. The molecule has 0 aliphatic rings. The third-order valence-electron chi connectivity index (χ3n) is 3.24. The van der Waals surface area contributed by atoms with Gasteiger partial charge in [-0.2, -0.15) is 0 Å². The van der Waals surface area contributed by atoms with Gasteiger partial charge in [0.25, 0.3) is 5.22 Å². The maximum absolute atomic E-state index is 11.5. The van der Waals surface area contributed by atoms with Crippen molar-refractivity contribution < 1.29 is 19.1 Å². The number of para-hydroxylation sites is 3. The molecule has 0 aliphatic heterocycles. The quantitative estimate of drug-likeness (QED) is 0.369. The molecule has 1 heterocycles. The standard InChI is InChI=1S/C19H15NO4S/c1-2-11-23-15-9-5-3-7-13(15)12-17(18(21)22)25-19-20-14-8-4-6-10-16(14)24-19/h2-10,12H,1,11H2,(H,21,22)/p-1/b17-12-. The van der Waals surface area contributed by atoms with E-state index in [0.29, 0.717) is 29.0 Å². The molecular formula is C19H14NO4S-. The van der Waals surface area contributed by atoms with Gasteiger partial charge in [-0.15, -0.1) is 0 Å². The van der Waals surface area contributed by atoms with E-state index >= 15 is 0 Å². The molecule has 0 radical (unpaired) electrons. The Bertz CT molecular complexity index is 912. The van der Waals surface area contributed by atoms with Gasteiger partial charge in [0.05, 0.1) is 5.97 Å². The number of aliphatic carboxylic acids is 1. The topological polar surface area (TPSA) is 75.4 Å². The lowest BCUT2D eigenvalue weighted by atomic mass is 10.2. The molecule has 1 aromatic heterocycles. The molecule has 3 rings (SSSR count). The fourth-order valence-electron chi connectivity index (χ4n) is 2.14. The van der Waals surface area contributed by atoms with Crippen molar-refractivity contribution in [3.05, 3.63) is 71.7 Å². The lowest BCUT2D eigenvalue weighted by Crippen LogP contribution is -2.23. The number of ether oxygens (including phenoxy) is 1. The van der Waals surface area contributed by atoms with Gasteiger partial charge >= 0.3 is 0 Å². The summed E-state index contributed by atoms with van der Waals surface area (Å²) in [5.41, 5.74) is 1.88. The van der Waals surface area contributed by atoms with Crippen LogP contribution >= 0.6 is 11.8 Å². The Labute approximate surface area is 148 Å². The summed E-state index contributed by atoms with van der Waals surface area (Å²) < 4.78 is 11.1. The summed E-state index contributed by atoms with van der Waals surface area (Å²) >= 11 is 0.896. The molecule has 0 bridgehead atoms. The lowest BCUT2D eigenvalue weighted by molar-refractivity contribution is -0.298. The van der Waals surface area contributed by atoms with E-state index in [4.69, 9.17) is 9.15 Å². The number of benzene rings is 2. The number of carboxylic acid groups (broad SMARTS) is 1. The van der Waals surface area contributed by atoms with E-state index in [-0.39, 0.29) is 10.1 Å². The molecule has 0 fully saturated rings. The zero-order valence-corrected chi connectivity index (χ0v) is 14.0. The van der Waals surface area contributed by atoms with Crippen LogP contribution in [-0.2, 0) is 4.79 Å². The van der Waals surface area contributed by atoms with Gasteiger partial charge in [-0.25, -0.2) is 4.98 Å². The number of fused-ring (bicyclic) bond motifs is 1. The zero-order chi connectivity index (χ0) is 17.6. The first-order valence-corrected chi connectivity index (χ1v) is 8.28. The van der Waals surface area contributed by atoms with Gasteiger partial charge < -0.3 is 19.1 Å². The Kier molecular flexibility index (Phi) is 5.20. The fourth-order valence-corrected chi connectivity index (χ4v) is 2.87. The summed E-state index contributed by atoms with van der Waals surface area (Å²) in [7, 11) is 0. The minimum atomic E-state index is -1.31. The summed E-state index contributed by atoms with van der Waals surface area (Å²) in [6, 6.07) is 14.3. The number of oxazole rings is 1. The number of hydrogen-bond acceptors (Lipinski definition) is 6. The van der Waals surface area contributed by atoms with Crippen LogP contribution in [-0.4, -0.2) is 17.6 Å². The van der Waals surface area contributed by atoms with Gasteiger partial charge in [-0.1, -0.05) is 43.0 Å². The van der Waals surface area contributed by atoms with Crippen LogP contribution in [0.25, 0.3) is 17.2 Å². The molecule has 0 saturated heterocycles. The van der Waals surface area contributed by atoms with Crippen molar-refractivity contribution in [2.24, 2.45) is 0 Å². The monoisotopic (exact) mass is 352 g/mol. The Morgan fingerprint density at radius 2 is 2.00 bits per heavy atom. The maximum atomic E-state index is 11.5. The Balaban J connectivity index is 1.92. The molecule has 0 saturated carbocycles. The molecule has 0 N–H and O–H groups in total. The predicted molar refractivity (Wildman–Crippen MR) is 95.0 cm³/mol. The van der Waals surface area contributed by atoms with E-state index in [1.165, 1.54) is 6.08 Å². The highest BCUT2D eigenvalue weighted by molar-refractivity contribution is 8.03. The average molecular weight is 352 g/mol. The summed E-state index contributed by atoms with van der Waals surface area (Å²) in [6.07, 6.45) is 3.10. The number of hydrogen-bond donors (Lipinski definition) is 0. The Morgan fingerprint density at radius 1 is 1.24 bits per heavy atom. The molecule has 0 unspecified atom stereocenters. The van der Waals surface area contributed by atoms with E-state index in [1.807, 2.05) is 18.2 Å². The maximum Gasteiger partial charge on any atom is 0.261 e. The molecule has 126 valence electrons. The highest BCUT2D eigenvalue weighted by Gasteiger charge is 2.11. The number of carboxylic acids is 1. The van der Waals surface area contributed by atoms with Crippen LogP contribution in [0.1, 0.15) is 5.56 Å². The lowest BCUT2D eigenvalue weighted by Gasteiger charge is -2.10. The van der Waals surface area contributed by atoms with E-state index < -0.39 is 5.97 Å². The van der Waals surface area contributed by atoms with Crippen molar-refractivity contribution in [3.63, 3.8) is 0 Å². The third-order valence-corrected chi connectivity index (χ3v) is 4.09. The van der Waals surface area contributed by atoms with Crippen molar-refractivity contribution in [2.75, 3.05) is 6.61 Å². The van der Waals surface area contributed by atoms with Crippen molar-refractivity contribution in [1.29, 1.82) is 0 Å². The summed E-state index contributed by atoms with van der Waals surface area (Å²) in [4.78, 5) is 15.8. The highest BCUT2D eigenvalue weighted by atomic mass is 32.2. The van der Waals surface area contributed by atoms with Gasteiger partial charge in [-0.3, -0.25) is 0 Å². The van der Waals surface area contributed by atoms with Crippen LogP contribution in [0.3, 0.4) is 0 Å². The van der Waals surface area contributed by atoms with Crippen LogP contribution in [0, 0.1) is 0 Å². The normalized spacial score (nSPS) is 11.4. The van der Waals surface area contributed by atoms with E-state index in [1.54, 1.807) is 36.4 Å².